The van der Waals surface area contributed by atoms with E-state index < -0.39 is 0 Å². The van der Waals surface area contributed by atoms with Gasteiger partial charge in [-0.1, -0.05) is 40.3 Å². The van der Waals surface area contributed by atoms with Crippen molar-refractivity contribution in [2.45, 2.75) is 27.2 Å². The van der Waals surface area contributed by atoms with Crippen LogP contribution in [0.1, 0.15) is 23.6 Å². The molecule has 1 amide bonds. The molecule has 0 radical (unpaired) electrons. The van der Waals surface area contributed by atoms with Gasteiger partial charge in [-0.05, 0) is 61.2 Å². The molecule has 0 bridgehead atoms. The van der Waals surface area contributed by atoms with Crippen LogP contribution in [0.25, 0.3) is 10.2 Å². The van der Waals surface area contributed by atoms with Crippen LogP contribution in [-0.2, 0) is 11.2 Å². The molecule has 6 heteroatoms. The van der Waals surface area contributed by atoms with Gasteiger partial charge in [-0.25, -0.2) is 4.98 Å². The number of halogens is 1. The van der Waals surface area contributed by atoms with Crippen molar-refractivity contribution >= 4 is 48.5 Å². The second-order valence-electron chi connectivity index (χ2n) is 5.82. The number of hydrogen-bond donors (Lipinski definition) is 1. The molecule has 4 nitrogen and oxygen atoms in total. The van der Waals surface area contributed by atoms with E-state index in [0.717, 1.165) is 38.0 Å². The normalized spacial score (nSPS) is 10.9. The second kappa shape index (κ2) is 7.54. The average Bonchev–Trinajstić information content (AvgIpc) is 3.00. The number of amides is 1. The SMILES string of the molecule is CCc1cc(Br)ccc1OCC(=O)Nc1nc2c(C)c(C)ccc2s1. The number of carbonyl (C=O) groups is 1. The Kier molecular flexibility index (Phi) is 5.39. The van der Waals surface area contributed by atoms with Gasteiger partial charge in [-0.2, -0.15) is 0 Å². The maximum atomic E-state index is 12.2. The molecular formula is C19H19BrN2O2S. The summed E-state index contributed by atoms with van der Waals surface area (Å²) in [7, 11) is 0. The lowest BCUT2D eigenvalue weighted by Crippen LogP contribution is -2.20. The highest BCUT2D eigenvalue weighted by atomic mass is 79.9. The van der Waals surface area contributed by atoms with Crippen molar-refractivity contribution in [3.8, 4) is 5.75 Å². The van der Waals surface area contributed by atoms with Gasteiger partial charge in [-0.3, -0.25) is 10.1 Å². The van der Waals surface area contributed by atoms with E-state index in [9.17, 15) is 4.79 Å². The first-order chi connectivity index (χ1) is 12.0. The van der Waals surface area contributed by atoms with E-state index >= 15 is 0 Å². The van der Waals surface area contributed by atoms with E-state index in [4.69, 9.17) is 4.74 Å². The molecule has 3 aromatic rings. The quantitative estimate of drug-likeness (QED) is 0.614. The summed E-state index contributed by atoms with van der Waals surface area (Å²) in [6.07, 6.45) is 0.840. The van der Waals surface area contributed by atoms with E-state index in [1.807, 2.05) is 31.2 Å². The van der Waals surface area contributed by atoms with Crippen LogP contribution in [0, 0.1) is 13.8 Å². The van der Waals surface area contributed by atoms with Gasteiger partial charge in [0.25, 0.3) is 5.91 Å². The Labute approximate surface area is 159 Å². The third-order valence-corrected chi connectivity index (χ3v) is 5.52. The zero-order valence-electron chi connectivity index (χ0n) is 14.4. The third kappa shape index (κ3) is 4.02. The summed E-state index contributed by atoms with van der Waals surface area (Å²) < 4.78 is 7.75. The summed E-state index contributed by atoms with van der Waals surface area (Å²) in [5, 5.41) is 3.43. The Balaban J connectivity index is 1.68. The number of ether oxygens (including phenoxy) is 1. The van der Waals surface area contributed by atoms with Gasteiger partial charge in [0, 0.05) is 4.47 Å². The fourth-order valence-electron chi connectivity index (χ4n) is 2.54. The minimum absolute atomic E-state index is 0.0391. The molecule has 130 valence electrons. The fourth-order valence-corrected chi connectivity index (χ4v) is 3.89. The van der Waals surface area contributed by atoms with Crippen molar-refractivity contribution in [1.82, 2.24) is 4.98 Å². The van der Waals surface area contributed by atoms with E-state index in [1.165, 1.54) is 16.9 Å². The number of carbonyl (C=O) groups excluding carboxylic acids is 1. The molecular weight excluding hydrogens is 400 g/mol. The molecule has 0 unspecified atom stereocenters. The van der Waals surface area contributed by atoms with E-state index in [-0.39, 0.29) is 12.5 Å². The summed E-state index contributed by atoms with van der Waals surface area (Å²) >= 11 is 4.92. The average molecular weight is 419 g/mol. The van der Waals surface area contributed by atoms with E-state index in [1.54, 1.807) is 0 Å². The summed E-state index contributed by atoms with van der Waals surface area (Å²) in [6.45, 7) is 6.12. The van der Waals surface area contributed by atoms with E-state index in [2.05, 4.69) is 46.1 Å². The first-order valence-electron chi connectivity index (χ1n) is 8.05. The predicted molar refractivity (Wildman–Crippen MR) is 107 cm³/mol. The van der Waals surface area contributed by atoms with Crippen molar-refractivity contribution in [2.24, 2.45) is 0 Å². The molecule has 0 aliphatic rings. The topological polar surface area (TPSA) is 51.2 Å². The third-order valence-electron chi connectivity index (χ3n) is 4.09. The highest BCUT2D eigenvalue weighted by molar-refractivity contribution is 9.10. The zero-order chi connectivity index (χ0) is 18.0. The smallest absolute Gasteiger partial charge is 0.264 e. The number of hydrogen-bond acceptors (Lipinski definition) is 4. The van der Waals surface area contributed by atoms with Crippen molar-refractivity contribution in [3.05, 3.63) is 51.5 Å². The van der Waals surface area contributed by atoms with Gasteiger partial charge >= 0.3 is 0 Å². The largest absolute Gasteiger partial charge is 0.483 e. The Morgan fingerprint density at radius 1 is 1.28 bits per heavy atom. The lowest BCUT2D eigenvalue weighted by molar-refractivity contribution is -0.118. The Morgan fingerprint density at radius 3 is 2.84 bits per heavy atom. The molecule has 0 atom stereocenters. The summed E-state index contributed by atoms with van der Waals surface area (Å²) in [6, 6.07) is 9.90. The van der Waals surface area contributed by atoms with Crippen molar-refractivity contribution < 1.29 is 9.53 Å². The first-order valence-corrected chi connectivity index (χ1v) is 9.66. The van der Waals surface area contributed by atoms with Crippen LogP contribution in [0.5, 0.6) is 5.75 Å². The minimum Gasteiger partial charge on any atom is -0.483 e. The molecule has 0 saturated heterocycles. The standard InChI is InChI=1S/C19H19BrN2O2S/c1-4-13-9-14(20)6-7-15(13)24-10-17(23)21-19-22-18-12(3)11(2)5-8-16(18)25-19/h5-9H,4,10H2,1-3H3,(H,21,22,23). The maximum Gasteiger partial charge on any atom is 0.264 e. The molecule has 0 aliphatic heterocycles. The Bertz CT molecular complexity index is 937. The molecule has 1 N–H and O–H groups in total. The van der Waals surface area contributed by atoms with Crippen LogP contribution < -0.4 is 10.1 Å². The molecule has 25 heavy (non-hydrogen) atoms. The van der Waals surface area contributed by atoms with Gasteiger partial charge in [0.05, 0.1) is 10.2 Å². The molecule has 1 aromatic heterocycles. The number of rotatable bonds is 5. The number of anilines is 1. The Hall–Kier alpha value is -1.92. The van der Waals surface area contributed by atoms with Crippen molar-refractivity contribution in [2.75, 3.05) is 11.9 Å². The highest BCUT2D eigenvalue weighted by Gasteiger charge is 2.12. The molecule has 0 spiro atoms. The number of nitrogens with one attached hydrogen (secondary N) is 1. The lowest BCUT2D eigenvalue weighted by atomic mass is 10.1. The zero-order valence-corrected chi connectivity index (χ0v) is 16.8. The van der Waals surface area contributed by atoms with Crippen LogP contribution in [0.15, 0.2) is 34.8 Å². The van der Waals surface area contributed by atoms with Crippen LogP contribution in [0.2, 0.25) is 0 Å². The van der Waals surface area contributed by atoms with Gasteiger partial charge in [0.2, 0.25) is 0 Å². The number of fused-ring (bicyclic) bond motifs is 1. The van der Waals surface area contributed by atoms with Gasteiger partial charge in [0.1, 0.15) is 5.75 Å². The predicted octanol–water partition coefficient (Wildman–Crippen LogP) is 5.26. The summed E-state index contributed by atoms with van der Waals surface area (Å²) in [5.41, 5.74) is 4.35. The monoisotopic (exact) mass is 418 g/mol. The van der Waals surface area contributed by atoms with Crippen molar-refractivity contribution in [3.63, 3.8) is 0 Å². The van der Waals surface area contributed by atoms with Crippen molar-refractivity contribution in [1.29, 1.82) is 0 Å². The number of aromatic nitrogens is 1. The summed E-state index contributed by atoms with van der Waals surface area (Å²) in [5.74, 6) is 0.523. The summed E-state index contributed by atoms with van der Waals surface area (Å²) in [4.78, 5) is 16.7. The van der Waals surface area contributed by atoms with Gasteiger partial charge in [-0.15, -0.1) is 0 Å². The maximum absolute atomic E-state index is 12.2. The Morgan fingerprint density at radius 2 is 2.08 bits per heavy atom. The minimum atomic E-state index is -0.210. The molecule has 0 fully saturated rings. The van der Waals surface area contributed by atoms with Crippen LogP contribution in [0.3, 0.4) is 0 Å². The van der Waals surface area contributed by atoms with E-state index in [0.29, 0.717) is 5.13 Å². The second-order valence-corrected chi connectivity index (χ2v) is 7.76. The molecule has 0 aliphatic carbocycles. The molecule has 0 saturated carbocycles. The first kappa shape index (κ1) is 17.9. The lowest BCUT2D eigenvalue weighted by Gasteiger charge is -2.10. The number of benzene rings is 2. The van der Waals surface area contributed by atoms with Gasteiger partial charge < -0.3 is 4.74 Å². The number of nitrogens with zero attached hydrogens (tertiary/aromatic N) is 1. The molecule has 1 heterocycles. The van der Waals surface area contributed by atoms with Crippen LogP contribution >= 0.6 is 27.3 Å². The van der Waals surface area contributed by atoms with Crippen LogP contribution in [-0.4, -0.2) is 17.5 Å². The molecule has 2 aromatic carbocycles. The molecule has 3 rings (SSSR count). The van der Waals surface area contributed by atoms with Gasteiger partial charge in [0.15, 0.2) is 11.7 Å². The number of thiazole rings is 1. The van der Waals surface area contributed by atoms with Crippen LogP contribution in [0.4, 0.5) is 5.13 Å². The number of aryl methyl sites for hydroxylation is 3. The highest BCUT2D eigenvalue weighted by Crippen LogP contribution is 2.29. The fraction of sp³-hybridized carbons (Fsp3) is 0.263.